The van der Waals surface area contributed by atoms with Gasteiger partial charge in [-0.3, -0.25) is 4.90 Å². The summed E-state index contributed by atoms with van der Waals surface area (Å²) >= 11 is 0. The molecule has 0 spiro atoms. The monoisotopic (exact) mass is 354 g/mol. The van der Waals surface area contributed by atoms with Crippen LogP contribution in [0.15, 0.2) is 48.5 Å². The average molecular weight is 354 g/mol. The quantitative estimate of drug-likeness (QED) is 0.803. The van der Waals surface area contributed by atoms with Crippen molar-refractivity contribution in [2.75, 3.05) is 19.8 Å². The number of benzene rings is 2. The molecule has 1 heterocycles. The normalized spacial score (nSPS) is 23.0. The minimum atomic E-state index is -0.218. The van der Waals surface area contributed by atoms with Gasteiger partial charge in [0.2, 0.25) is 0 Å². The standard InChI is InChI=1S/C22H27FN2O/c23-21-7-3-2-6-18(21)15-26-19-10-8-17(9-11-19)20-14-22(20)24-16-25-12-4-1-5-13-25/h2-3,6-11,20,22,24H,1,4-5,12-16H2/t20-,22+/m0/s1. The molecule has 1 saturated carbocycles. The molecule has 138 valence electrons. The van der Waals surface area contributed by atoms with Crippen LogP contribution in [0.4, 0.5) is 4.39 Å². The fourth-order valence-corrected chi connectivity index (χ4v) is 3.74. The highest BCUT2D eigenvalue weighted by Gasteiger charge is 2.38. The molecule has 3 nitrogen and oxygen atoms in total. The minimum Gasteiger partial charge on any atom is -0.489 e. The number of nitrogens with zero attached hydrogens (tertiary/aromatic N) is 1. The molecule has 1 saturated heterocycles. The Morgan fingerprint density at radius 3 is 2.54 bits per heavy atom. The first-order valence-electron chi connectivity index (χ1n) is 9.71. The SMILES string of the molecule is Fc1ccccc1COc1ccc([C@@H]2C[C@H]2NCN2CCCCC2)cc1. The van der Waals surface area contributed by atoms with Gasteiger partial charge in [0.15, 0.2) is 0 Å². The highest BCUT2D eigenvalue weighted by Crippen LogP contribution is 2.41. The third-order valence-electron chi connectivity index (χ3n) is 5.48. The van der Waals surface area contributed by atoms with Crippen LogP contribution < -0.4 is 10.1 Å². The number of piperidine rings is 1. The summed E-state index contributed by atoms with van der Waals surface area (Å²) < 4.78 is 19.3. The second kappa shape index (κ2) is 8.19. The number of halogens is 1. The smallest absolute Gasteiger partial charge is 0.129 e. The van der Waals surface area contributed by atoms with Gasteiger partial charge in [-0.25, -0.2) is 4.39 Å². The van der Waals surface area contributed by atoms with Crippen LogP contribution in [0.5, 0.6) is 5.75 Å². The molecular formula is C22H27FN2O. The van der Waals surface area contributed by atoms with E-state index in [-0.39, 0.29) is 12.4 Å². The predicted molar refractivity (Wildman–Crippen MR) is 102 cm³/mol. The number of nitrogens with one attached hydrogen (secondary N) is 1. The van der Waals surface area contributed by atoms with E-state index in [4.69, 9.17) is 4.74 Å². The fourth-order valence-electron chi connectivity index (χ4n) is 3.74. The van der Waals surface area contributed by atoms with Gasteiger partial charge >= 0.3 is 0 Å². The zero-order chi connectivity index (χ0) is 17.8. The van der Waals surface area contributed by atoms with Crippen molar-refractivity contribution < 1.29 is 9.13 Å². The van der Waals surface area contributed by atoms with Gasteiger partial charge in [-0.05, 0) is 56.1 Å². The number of hydrogen-bond acceptors (Lipinski definition) is 3. The van der Waals surface area contributed by atoms with Crippen LogP contribution in [0.2, 0.25) is 0 Å². The molecule has 0 bridgehead atoms. The molecule has 0 unspecified atom stereocenters. The average Bonchev–Trinajstić information content (AvgIpc) is 3.47. The van der Waals surface area contributed by atoms with Crippen molar-refractivity contribution in [3.8, 4) is 5.75 Å². The maximum atomic E-state index is 13.6. The van der Waals surface area contributed by atoms with Crippen molar-refractivity contribution in [3.05, 3.63) is 65.5 Å². The minimum absolute atomic E-state index is 0.218. The molecule has 2 aromatic carbocycles. The predicted octanol–water partition coefficient (Wildman–Crippen LogP) is 4.29. The lowest BCUT2D eigenvalue weighted by molar-refractivity contribution is 0.211. The van der Waals surface area contributed by atoms with E-state index in [0.717, 1.165) is 12.4 Å². The van der Waals surface area contributed by atoms with Crippen LogP contribution in [-0.2, 0) is 6.61 Å². The van der Waals surface area contributed by atoms with Gasteiger partial charge < -0.3 is 10.1 Å². The summed E-state index contributed by atoms with van der Waals surface area (Å²) in [5.41, 5.74) is 1.94. The van der Waals surface area contributed by atoms with E-state index >= 15 is 0 Å². The van der Waals surface area contributed by atoms with E-state index < -0.39 is 0 Å². The van der Waals surface area contributed by atoms with E-state index in [2.05, 4.69) is 22.3 Å². The Kier molecular flexibility index (Phi) is 5.51. The molecule has 1 aliphatic carbocycles. The maximum Gasteiger partial charge on any atom is 0.129 e. The van der Waals surface area contributed by atoms with Gasteiger partial charge in [0.05, 0.1) is 0 Å². The molecule has 2 aliphatic rings. The highest BCUT2D eigenvalue weighted by atomic mass is 19.1. The number of rotatable bonds is 7. The first-order chi connectivity index (χ1) is 12.8. The van der Waals surface area contributed by atoms with Crippen molar-refractivity contribution in [1.82, 2.24) is 10.2 Å². The molecule has 2 fully saturated rings. The zero-order valence-corrected chi connectivity index (χ0v) is 15.2. The topological polar surface area (TPSA) is 24.5 Å². The lowest BCUT2D eigenvalue weighted by atomic mass is 10.1. The zero-order valence-electron chi connectivity index (χ0n) is 15.2. The summed E-state index contributed by atoms with van der Waals surface area (Å²) in [5.74, 6) is 1.18. The van der Waals surface area contributed by atoms with Crippen LogP contribution in [-0.4, -0.2) is 30.7 Å². The van der Waals surface area contributed by atoms with E-state index in [1.54, 1.807) is 12.1 Å². The first-order valence-corrected chi connectivity index (χ1v) is 9.71. The molecule has 26 heavy (non-hydrogen) atoms. The molecule has 0 radical (unpaired) electrons. The molecule has 2 aromatic rings. The van der Waals surface area contributed by atoms with Crippen molar-refractivity contribution in [2.24, 2.45) is 0 Å². The Morgan fingerprint density at radius 2 is 1.77 bits per heavy atom. The van der Waals surface area contributed by atoms with Crippen LogP contribution in [0.3, 0.4) is 0 Å². The van der Waals surface area contributed by atoms with Crippen molar-refractivity contribution >= 4 is 0 Å². The third kappa shape index (κ3) is 4.43. The number of likely N-dealkylation sites (tertiary alicyclic amines) is 1. The van der Waals surface area contributed by atoms with E-state index in [0.29, 0.717) is 17.5 Å². The second-order valence-electron chi connectivity index (χ2n) is 7.44. The van der Waals surface area contributed by atoms with Crippen molar-refractivity contribution in [3.63, 3.8) is 0 Å². The number of hydrogen-bond donors (Lipinski definition) is 1. The van der Waals surface area contributed by atoms with Gasteiger partial charge in [0.1, 0.15) is 18.2 Å². The molecule has 0 aromatic heterocycles. The maximum absolute atomic E-state index is 13.6. The van der Waals surface area contributed by atoms with Crippen LogP contribution in [0.25, 0.3) is 0 Å². The summed E-state index contributed by atoms with van der Waals surface area (Å²) in [6.45, 7) is 3.75. The molecule has 1 N–H and O–H groups in total. The third-order valence-corrected chi connectivity index (χ3v) is 5.48. The summed E-state index contributed by atoms with van der Waals surface area (Å²) in [4.78, 5) is 2.53. The van der Waals surface area contributed by atoms with Crippen LogP contribution in [0, 0.1) is 5.82 Å². The largest absolute Gasteiger partial charge is 0.489 e. The van der Waals surface area contributed by atoms with Gasteiger partial charge in [0.25, 0.3) is 0 Å². The molecule has 1 aliphatic heterocycles. The molecular weight excluding hydrogens is 327 g/mol. The molecule has 0 amide bonds. The Balaban J connectivity index is 1.24. The summed E-state index contributed by atoms with van der Waals surface area (Å²) in [7, 11) is 0. The molecule has 2 atom stereocenters. The van der Waals surface area contributed by atoms with E-state index in [1.807, 2.05) is 18.2 Å². The Labute approximate surface area is 155 Å². The van der Waals surface area contributed by atoms with Gasteiger partial charge in [-0.1, -0.05) is 36.8 Å². The Morgan fingerprint density at radius 1 is 1.00 bits per heavy atom. The van der Waals surface area contributed by atoms with E-state index in [9.17, 15) is 4.39 Å². The Bertz CT molecular complexity index is 712. The van der Waals surface area contributed by atoms with Crippen LogP contribution >= 0.6 is 0 Å². The lowest BCUT2D eigenvalue weighted by Gasteiger charge is -2.26. The number of ether oxygens (including phenoxy) is 1. The fraction of sp³-hybridized carbons (Fsp3) is 0.455. The summed E-state index contributed by atoms with van der Waals surface area (Å²) in [6.07, 6.45) is 5.27. The van der Waals surface area contributed by atoms with Crippen LogP contribution in [0.1, 0.15) is 42.7 Å². The second-order valence-corrected chi connectivity index (χ2v) is 7.44. The lowest BCUT2D eigenvalue weighted by Crippen LogP contribution is -2.38. The Hall–Kier alpha value is -1.91. The van der Waals surface area contributed by atoms with Gasteiger partial charge in [0, 0.05) is 24.2 Å². The first kappa shape index (κ1) is 17.5. The summed E-state index contributed by atoms with van der Waals surface area (Å²) in [5, 5.41) is 3.70. The van der Waals surface area contributed by atoms with E-state index in [1.165, 1.54) is 50.4 Å². The van der Waals surface area contributed by atoms with Gasteiger partial charge in [-0.15, -0.1) is 0 Å². The van der Waals surface area contributed by atoms with Crippen molar-refractivity contribution in [2.45, 2.75) is 44.2 Å². The summed E-state index contributed by atoms with van der Waals surface area (Å²) in [6, 6.07) is 15.6. The van der Waals surface area contributed by atoms with Crippen molar-refractivity contribution in [1.29, 1.82) is 0 Å². The molecule has 4 heteroatoms. The molecule has 4 rings (SSSR count). The van der Waals surface area contributed by atoms with Gasteiger partial charge in [-0.2, -0.15) is 0 Å². The highest BCUT2D eigenvalue weighted by molar-refractivity contribution is 5.34.